The molecule has 7 heteroatoms. The van der Waals surface area contributed by atoms with Crippen molar-refractivity contribution in [2.75, 3.05) is 0 Å². The molecule has 0 spiro atoms. The van der Waals surface area contributed by atoms with Crippen LogP contribution in [0.15, 0.2) is 60.9 Å². The van der Waals surface area contributed by atoms with Crippen LogP contribution in [0.4, 0.5) is 13.2 Å². The third-order valence-electron chi connectivity index (χ3n) is 3.51. The Bertz CT molecular complexity index is 866. The third kappa shape index (κ3) is 3.15. The largest absolute Gasteiger partial charge is 0.478 e. The number of benzene rings is 2. The fourth-order valence-electron chi connectivity index (χ4n) is 2.22. The van der Waals surface area contributed by atoms with E-state index in [9.17, 15) is 18.0 Å². The van der Waals surface area contributed by atoms with E-state index in [0.717, 1.165) is 23.3 Å². The van der Waals surface area contributed by atoms with Crippen molar-refractivity contribution in [3.8, 4) is 16.8 Å². The van der Waals surface area contributed by atoms with Crippen LogP contribution in [0.25, 0.3) is 16.8 Å². The highest BCUT2D eigenvalue weighted by molar-refractivity contribution is 5.88. The van der Waals surface area contributed by atoms with Crippen molar-refractivity contribution in [3.63, 3.8) is 0 Å². The lowest BCUT2D eigenvalue weighted by Gasteiger charge is -2.07. The SMILES string of the molecule is O=C(O)c1ccc(-c2cnn(-c3ccc(C(F)(F)F)cc3)c2)cc1. The molecule has 0 atom stereocenters. The maximum Gasteiger partial charge on any atom is 0.416 e. The summed E-state index contributed by atoms with van der Waals surface area (Å²) in [4.78, 5) is 10.8. The van der Waals surface area contributed by atoms with E-state index < -0.39 is 17.7 Å². The molecule has 0 saturated carbocycles. The Morgan fingerprint density at radius 3 is 2.12 bits per heavy atom. The lowest BCUT2D eigenvalue weighted by atomic mass is 10.1. The van der Waals surface area contributed by atoms with Gasteiger partial charge in [0.05, 0.1) is 23.0 Å². The molecule has 0 unspecified atom stereocenters. The first-order valence-corrected chi connectivity index (χ1v) is 6.90. The molecule has 0 bridgehead atoms. The molecule has 0 aliphatic heterocycles. The van der Waals surface area contributed by atoms with Crippen LogP contribution in [0.1, 0.15) is 15.9 Å². The van der Waals surface area contributed by atoms with Crippen molar-refractivity contribution >= 4 is 5.97 Å². The Morgan fingerprint density at radius 1 is 0.958 bits per heavy atom. The molecule has 1 heterocycles. The van der Waals surface area contributed by atoms with Gasteiger partial charge in [-0.1, -0.05) is 12.1 Å². The fourth-order valence-corrected chi connectivity index (χ4v) is 2.22. The fraction of sp³-hybridized carbons (Fsp3) is 0.0588. The zero-order chi connectivity index (χ0) is 17.3. The van der Waals surface area contributed by atoms with E-state index in [4.69, 9.17) is 5.11 Å². The lowest BCUT2D eigenvalue weighted by molar-refractivity contribution is -0.137. The average Bonchev–Trinajstić information content (AvgIpc) is 3.04. The number of hydrogen-bond donors (Lipinski definition) is 1. The van der Waals surface area contributed by atoms with Gasteiger partial charge in [-0.05, 0) is 42.0 Å². The summed E-state index contributed by atoms with van der Waals surface area (Å²) in [5.41, 5.74) is 1.44. The number of nitrogens with zero attached hydrogens (tertiary/aromatic N) is 2. The zero-order valence-corrected chi connectivity index (χ0v) is 12.2. The number of aromatic nitrogens is 2. The first kappa shape index (κ1) is 15.8. The van der Waals surface area contributed by atoms with Gasteiger partial charge in [-0.2, -0.15) is 18.3 Å². The van der Waals surface area contributed by atoms with Gasteiger partial charge in [-0.15, -0.1) is 0 Å². The normalized spacial score (nSPS) is 11.5. The Hall–Kier alpha value is -3.09. The van der Waals surface area contributed by atoms with E-state index in [-0.39, 0.29) is 5.56 Å². The van der Waals surface area contributed by atoms with E-state index in [2.05, 4.69) is 5.10 Å². The van der Waals surface area contributed by atoms with Crippen LogP contribution in [-0.4, -0.2) is 20.9 Å². The molecule has 0 aliphatic rings. The van der Waals surface area contributed by atoms with Crippen LogP contribution in [-0.2, 0) is 6.18 Å². The average molecular weight is 332 g/mol. The number of carbonyl (C=O) groups is 1. The molecule has 0 saturated heterocycles. The van der Waals surface area contributed by atoms with E-state index in [0.29, 0.717) is 5.69 Å². The van der Waals surface area contributed by atoms with Crippen LogP contribution in [0.3, 0.4) is 0 Å². The number of carboxylic acids is 1. The standard InChI is InChI=1S/C17H11F3N2O2/c18-17(19,20)14-5-7-15(8-6-14)22-10-13(9-21-22)11-1-3-12(4-2-11)16(23)24/h1-10H,(H,23,24). The molecule has 4 nitrogen and oxygen atoms in total. The maximum atomic E-state index is 12.6. The van der Waals surface area contributed by atoms with Gasteiger partial charge in [0.2, 0.25) is 0 Å². The predicted molar refractivity (Wildman–Crippen MR) is 81.0 cm³/mol. The molecule has 3 aromatic rings. The Kier molecular flexibility index (Phi) is 3.84. The van der Waals surface area contributed by atoms with Gasteiger partial charge in [-0.3, -0.25) is 0 Å². The number of alkyl halides is 3. The van der Waals surface area contributed by atoms with Gasteiger partial charge in [-0.25, -0.2) is 9.48 Å². The summed E-state index contributed by atoms with van der Waals surface area (Å²) in [7, 11) is 0. The second kappa shape index (κ2) is 5.84. The molecule has 0 radical (unpaired) electrons. The van der Waals surface area contributed by atoms with Gasteiger partial charge in [0.25, 0.3) is 0 Å². The van der Waals surface area contributed by atoms with Crippen molar-refractivity contribution in [2.45, 2.75) is 6.18 Å². The molecule has 0 aliphatic carbocycles. The van der Waals surface area contributed by atoms with Crippen LogP contribution in [0.5, 0.6) is 0 Å². The summed E-state index contributed by atoms with van der Waals surface area (Å²) in [5.74, 6) is -1.01. The van der Waals surface area contributed by atoms with Gasteiger partial charge in [0.1, 0.15) is 0 Å². The minimum Gasteiger partial charge on any atom is -0.478 e. The Morgan fingerprint density at radius 2 is 1.58 bits per heavy atom. The molecule has 122 valence electrons. The minimum atomic E-state index is -4.38. The van der Waals surface area contributed by atoms with Gasteiger partial charge < -0.3 is 5.11 Å². The van der Waals surface area contributed by atoms with Crippen molar-refractivity contribution < 1.29 is 23.1 Å². The van der Waals surface area contributed by atoms with Gasteiger partial charge in [0.15, 0.2) is 0 Å². The lowest BCUT2D eigenvalue weighted by Crippen LogP contribution is -2.05. The monoisotopic (exact) mass is 332 g/mol. The van der Waals surface area contributed by atoms with Gasteiger partial charge >= 0.3 is 12.1 Å². The summed E-state index contributed by atoms with van der Waals surface area (Å²) >= 11 is 0. The van der Waals surface area contributed by atoms with E-state index in [1.165, 1.54) is 28.9 Å². The van der Waals surface area contributed by atoms with Crippen molar-refractivity contribution in [1.82, 2.24) is 9.78 Å². The summed E-state index contributed by atoms with van der Waals surface area (Å²) in [6.07, 6.45) is -1.15. The summed E-state index contributed by atoms with van der Waals surface area (Å²) in [6.45, 7) is 0. The number of aromatic carboxylic acids is 1. The van der Waals surface area contributed by atoms with Crippen molar-refractivity contribution in [1.29, 1.82) is 0 Å². The highest BCUT2D eigenvalue weighted by Gasteiger charge is 2.30. The smallest absolute Gasteiger partial charge is 0.416 e. The zero-order valence-electron chi connectivity index (χ0n) is 12.2. The van der Waals surface area contributed by atoms with Crippen LogP contribution < -0.4 is 0 Å². The first-order chi connectivity index (χ1) is 11.3. The van der Waals surface area contributed by atoms with Crippen LogP contribution >= 0.6 is 0 Å². The van der Waals surface area contributed by atoms with Crippen molar-refractivity contribution in [3.05, 3.63) is 72.1 Å². The molecule has 2 aromatic carbocycles. The second-order valence-corrected chi connectivity index (χ2v) is 5.10. The van der Waals surface area contributed by atoms with E-state index in [1.807, 2.05) is 0 Å². The second-order valence-electron chi connectivity index (χ2n) is 5.10. The molecule has 1 aromatic heterocycles. The molecular weight excluding hydrogens is 321 g/mol. The summed E-state index contributed by atoms with van der Waals surface area (Å²) in [5, 5.41) is 13.0. The summed E-state index contributed by atoms with van der Waals surface area (Å²) < 4.78 is 39.2. The van der Waals surface area contributed by atoms with E-state index >= 15 is 0 Å². The molecule has 3 rings (SSSR count). The van der Waals surface area contributed by atoms with Crippen LogP contribution in [0.2, 0.25) is 0 Å². The number of halogens is 3. The number of hydrogen-bond acceptors (Lipinski definition) is 2. The van der Waals surface area contributed by atoms with Crippen molar-refractivity contribution in [2.24, 2.45) is 0 Å². The van der Waals surface area contributed by atoms with Crippen LogP contribution in [0, 0.1) is 0 Å². The number of carboxylic acid groups (broad SMARTS) is 1. The first-order valence-electron chi connectivity index (χ1n) is 6.90. The minimum absolute atomic E-state index is 0.175. The third-order valence-corrected chi connectivity index (χ3v) is 3.51. The topological polar surface area (TPSA) is 55.1 Å². The maximum absolute atomic E-state index is 12.6. The summed E-state index contributed by atoms with van der Waals surface area (Å²) in [6, 6.07) is 10.9. The molecule has 0 fully saturated rings. The van der Waals surface area contributed by atoms with Gasteiger partial charge in [0, 0.05) is 11.8 Å². The number of rotatable bonds is 3. The molecule has 1 N–H and O–H groups in total. The molecule has 24 heavy (non-hydrogen) atoms. The molecular formula is C17H11F3N2O2. The Balaban J connectivity index is 1.86. The highest BCUT2D eigenvalue weighted by Crippen LogP contribution is 2.29. The Labute approximate surface area is 134 Å². The molecule has 0 amide bonds. The quantitative estimate of drug-likeness (QED) is 0.780. The predicted octanol–water partition coefficient (Wildman–Crippen LogP) is 4.26. The van der Waals surface area contributed by atoms with E-state index in [1.54, 1.807) is 24.5 Å². The highest BCUT2D eigenvalue weighted by atomic mass is 19.4.